The molecule has 8 heteroatoms. The van der Waals surface area contributed by atoms with Crippen LogP contribution in [0.4, 0.5) is 4.39 Å². The third-order valence-electron chi connectivity index (χ3n) is 5.70. The third-order valence-corrected chi connectivity index (χ3v) is 5.70. The average molecular weight is 388 g/mol. The summed E-state index contributed by atoms with van der Waals surface area (Å²) in [5, 5.41) is 10.3. The molecule has 2 fully saturated rings. The number of carbonyl (C=O) groups is 1. The fourth-order valence-corrected chi connectivity index (χ4v) is 4.11. The number of rotatable bonds is 4. The van der Waals surface area contributed by atoms with E-state index in [1.165, 1.54) is 18.2 Å². The van der Waals surface area contributed by atoms with Crippen molar-refractivity contribution in [3.63, 3.8) is 0 Å². The molecule has 1 aromatic carbocycles. The van der Waals surface area contributed by atoms with Gasteiger partial charge in [-0.15, -0.1) is 0 Å². The topological polar surface area (TPSA) is 81.7 Å². The van der Waals surface area contributed by atoms with Gasteiger partial charge in [0, 0.05) is 50.2 Å². The van der Waals surface area contributed by atoms with Crippen molar-refractivity contribution >= 4 is 5.91 Å². The van der Waals surface area contributed by atoms with Gasteiger partial charge in [0.25, 0.3) is 5.91 Å². The van der Waals surface area contributed by atoms with Gasteiger partial charge in [-0.05, 0) is 18.9 Å². The van der Waals surface area contributed by atoms with Crippen molar-refractivity contribution in [1.82, 2.24) is 19.8 Å². The molecule has 3 heterocycles. The van der Waals surface area contributed by atoms with Crippen LogP contribution in [0.15, 0.2) is 36.8 Å². The Labute approximate surface area is 163 Å². The lowest BCUT2D eigenvalue weighted by atomic mass is 9.89. The van der Waals surface area contributed by atoms with Gasteiger partial charge in [-0.25, -0.2) is 9.37 Å². The van der Waals surface area contributed by atoms with E-state index in [0.29, 0.717) is 32.5 Å². The summed E-state index contributed by atoms with van der Waals surface area (Å²) in [5.74, 6) is -1.02. The maximum Gasteiger partial charge on any atom is 0.256 e. The van der Waals surface area contributed by atoms with Gasteiger partial charge >= 0.3 is 0 Å². The molecule has 2 saturated heterocycles. The number of H-pyrrole nitrogens is 1. The fourth-order valence-electron chi connectivity index (χ4n) is 4.11. The molecular formula is C20H25FN4O3. The number of nitrogens with zero attached hydrogens (tertiary/aromatic N) is 3. The second kappa shape index (κ2) is 7.98. The number of morpholine rings is 1. The highest BCUT2D eigenvalue weighted by molar-refractivity contribution is 5.82. The first-order chi connectivity index (χ1) is 13.6. The molecule has 4 rings (SSSR count). The molecule has 1 atom stereocenters. The minimum atomic E-state index is -1.47. The second-order valence-corrected chi connectivity index (χ2v) is 7.57. The zero-order chi connectivity index (χ0) is 19.6. The number of benzene rings is 1. The highest BCUT2D eigenvalue weighted by atomic mass is 19.1. The minimum Gasteiger partial charge on any atom is -0.378 e. The summed E-state index contributed by atoms with van der Waals surface area (Å²) in [5.41, 5.74) is 0.808. The summed E-state index contributed by atoms with van der Waals surface area (Å²) in [6.45, 7) is 4.07. The van der Waals surface area contributed by atoms with Gasteiger partial charge in [0.2, 0.25) is 0 Å². The highest BCUT2D eigenvalue weighted by Crippen LogP contribution is 2.32. The van der Waals surface area contributed by atoms with Crippen LogP contribution in [0.3, 0.4) is 0 Å². The number of nitrogens with one attached hydrogen (secondary N) is 1. The molecule has 1 unspecified atom stereocenters. The molecule has 1 aromatic heterocycles. The normalized spacial score (nSPS) is 21.0. The number of carbonyl (C=O) groups excluding carboxylic acids is 1. The number of aliphatic hydroxyl groups is 1. The SMILES string of the molecule is O=C(C(O)c1ccccc1F)N1CCC2(CC1)CN(Cc1cnc[nH]1)CCO2. The summed E-state index contributed by atoms with van der Waals surface area (Å²) in [6, 6.07) is 5.85. The molecule has 2 aliphatic rings. The lowest BCUT2D eigenvalue weighted by Gasteiger charge is -2.47. The molecular weight excluding hydrogens is 363 g/mol. The number of hydrogen-bond donors (Lipinski definition) is 2. The van der Waals surface area contributed by atoms with Crippen molar-refractivity contribution in [2.45, 2.75) is 31.1 Å². The van der Waals surface area contributed by atoms with E-state index in [1.807, 2.05) is 6.20 Å². The van der Waals surface area contributed by atoms with Crippen LogP contribution in [-0.2, 0) is 16.1 Å². The standard InChI is InChI=1S/C20H25FN4O3/c21-17-4-2-1-3-16(17)18(26)19(27)25-7-5-20(6-8-25)13-24(9-10-28-20)12-15-11-22-14-23-15/h1-4,11,14,18,26H,5-10,12-13H2,(H,22,23). The van der Waals surface area contributed by atoms with Crippen LogP contribution in [0.2, 0.25) is 0 Å². The molecule has 7 nitrogen and oxygen atoms in total. The largest absolute Gasteiger partial charge is 0.378 e. The van der Waals surface area contributed by atoms with Gasteiger partial charge in [-0.2, -0.15) is 0 Å². The smallest absolute Gasteiger partial charge is 0.256 e. The summed E-state index contributed by atoms with van der Waals surface area (Å²) in [6.07, 6.45) is 3.42. The zero-order valence-electron chi connectivity index (χ0n) is 15.7. The molecule has 1 amide bonds. The van der Waals surface area contributed by atoms with Crippen LogP contribution in [0.25, 0.3) is 0 Å². The molecule has 0 aliphatic carbocycles. The van der Waals surface area contributed by atoms with Crippen molar-refractivity contribution in [2.75, 3.05) is 32.8 Å². The minimum absolute atomic E-state index is 0.0208. The van der Waals surface area contributed by atoms with E-state index in [0.717, 1.165) is 25.3 Å². The first-order valence-electron chi connectivity index (χ1n) is 9.61. The summed E-state index contributed by atoms with van der Waals surface area (Å²) in [7, 11) is 0. The van der Waals surface area contributed by atoms with Gasteiger partial charge in [0.15, 0.2) is 6.10 Å². The van der Waals surface area contributed by atoms with Gasteiger partial charge in [0.1, 0.15) is 5.82 Å². The Kier molecular flexibility index (Phi) is 5.43. The molecule has 1 spiro atoms. The van der Waals surface area contributed by atoms with Crippen molar-refractivity contribution < 1.29 is 19.0 Å². The predicted molar refractivity (Wildman–Crippen MR) is 99.7 cm³/mol. The Morgan fingerprint density at radius 2 is 2.11 bits per heavy atom. The van der Waals surface area contributed by atoms with Crippen LogP contribution in [-0.4, -0.2) is 69.2 Å². The number of halogens is 1. The highest BCUT2D eigenvalue weighted by Gasteiger charge is 2.41. The van der Waals surface area contributed by atoms with Gasteiger partial charge in [-0.3, -0.25) is 9.69 Å². The van der Waals surface area contributed by atoms with Crippen molar-refractivity contribution in [3.05, 3.63) is 53.9 Å². The molecule has 150 valence electrons. The van der Waals surface area contributed by atoms with Gasteiger partial charge in [0.05, 0.1) is 18.5 Å². The molecule has 2 aliphatic heterocycles. The van der Waals surface area contributed by atoms with Crippen LogP contribution < -0.4 is 0 Å². The van der Waals surface area contributed by atoms with Crippen LogP contribution in [0.5, 0.6) is 0 Å². The Balaban J connectivity index is 1.36. The summed E-state index contributed by atoms with van der Waals surface area (Å²) >= 11 is 0. The van der Waals surface area contributed by atoms with Crippen molar-refractivity contribution in [3.8, 4) is 0 Å². The van der Waals surface area contributed by atoms with E-state index >= 15 is 0 Å². The van der Waals surface area contributed by atoms with Crippen LogP contribution in [0.1, 0.15) is 30.2 Å². The average Bonchev–Trinajstić information content (AvgIpc) is 3.21. The first-order valence-corrected chi connectivity index (χ1v) is 9.61. The zero-order valence-corrected chi connectivity index (χ0v) is 15.7. The molecule has 28 heavy (non-hydrogen) atoms. The number of piperidine rings is 1. The van der Waals surface area contributed by atoms with E-state index in [2.05, 4.69) is 14.9 Å². The predicted octanol–water partition coefficient (Wildman–Crippen LogP) is 1.48. The Morgan fingerprint density at radius 1 is 1.32 bits per heavy atom. The lowest BCUT2D eigenvalue weighted by molar-refractivity contribution is -0.157. The van der Waals surface area contributed by atoms with Crippen molar-refractivity contribution in [2.24, 2.45) is 0 Å². The quantitative estimate of drug-likeness (QED) is 0.829. The number of aliphatic hydroxyl groups excluding tert-OH is 1. The Bertz CT molecular complexity index is 806. The van der Waals surface area contributed by atoms with E-state index in [4.69, 9.17) is 4.74 Å². The number of hydrogen-bond acceptors (Lipinski definition) is 5. The van der Waals surface area contributed by atoms with E-state index < -0.39 is 17.8 Å². The van der Waals surface area contributed by atoms with E-state index in [-0.39, 0.29) is 11.2 Å². The number of aromatic amines is 1. The van der Waals surface area contributed by atoms with Crippen LogP contribution in [0, 0.1) is 5.82 Å². The van der Waals surface area contributed by atoms with Gasteiger partial charge < -0.3 is 19.7 Å². The number of amides is 1. The second-order valence-electron chi connectivity index (χ2n) is 7.57. The summed E-state index contributed by atoms with van der Waals surface area (Å²) in [4.78, 5) is 23.8. The first kappa shape index (κ1) is 19.0. The molecule has 0 bridgehead atoms. The molecule has 2 aromatic rings. The number of aromatic nitrogens is 2. The number of likely N-dealkylation sites (tertiary alicyclic amines) is 1. The molecule has 2 N–H and O–H groups in total. The van der Waals surface area contributed by atoms with E-state index in [9.17, 15) is 14.3 Å². The van der Waals surface area contributed by atoms with E-state index in [1.54, 1.807) is 17.3 Å². The Hall–Kier alpha value is -2.29. The number of imidazole rings is 1. The maximum atomic E-state index is 13.9. The monoisotopic (exact) mass is 388 g/mol. The lowest BCUT2D eigenvalue weighted by Crippen LogP contribution is -2.57. The molecule has 0 saturated carbocycles. The Morgan fingerprint density at radius 3 is 2.82 bits per heavy atom. The van der Waals surface area contributed by atoms with Crippen LogP contribution >= 0.6 is 0 Å². The number of ether oxygens (including phenoxy) is 1. The fraction of sp³-hybridized carbons (Fsp3) is 0.500. The molecule has 0 radical (unpaired) electrons. The summed E-state index contributed by atoms with van der Waals surface area (Å²) < 4.78 is 20.0. The van der Waals surface area contributed by atoms with Crippen molar-refractivity contribution in [1.29, 1.82) is 0 Å². The van der Waals surface area contributed by atoms with Gasteiger partial charge in [-0.1, -0.05) is 18.2 Å². The maximum absolute atomic E-state index is 13.9. The third kappa shape index (κ3) is 3.94.